The lowest BCUT2D eigenvalue weighted by Crippen LogP contribution is -2.11. The quantitative estimate of drug-likeness (QED) is 0.774. The van der Waals surface area contributed by atoms with E-state index in [1.807, 2.05) is 24.3 Å². The maximum Gasteiger partial charge on any atom is 0.0912 e. The Balaban J connectivity index is 2.77. The summed E-state index contributed by atoms with van der Waals surface area (Å²) in [6.45, 7) is 0.271. The summed E-state index contributed by atoms with van der Waals surface area (Å²) in [6, 6.07) is 7.74. The summed E-state index contributed by atoms with van der Waals surface area (Å²) in [4.78, 5) is 0. The average molecular weight is 230 g/mol. The first-order valence-electron chi connectivity index (χ1n) is 3.81. The SMILES string of the molecule is NCC(O)c1ccc(CBr)cc1. The molecule has 3 heteroatoms. The third-order valence-electron chi connectivity index (χ3n) is 1.74. The molecule has 12 heavy (non-hydrogen) atoms. The van der Waals surface area contributed by atoms with Gasteiger partial charge in [-0.15, -0.1) is 0 Å². The van der Waals surface area contributed by atoms with Crippen LogP contribution in [0, 0.1) is 0 Å². The van der Waals surface area contributed by atoms with E-state index >= 15 is 0 Å². The van der Waals surface area contributed by atoms with Crippen LogP contribution in [0.4, 0.5) is 0 Å². The molecule has 1 unspecified atom stereocenters. The van der Waals surface area contributed by atoms with E-state index in [1.165, 1.54) is 5.56 Å². The molecule has 0 aromatic heterocycles. The minimum atomic E-state index is -0.533. The number of rotatable bonds is 3. The number of halogens is 1. The van der Waals surface area contributed by atoms with Gasteiger partial charge in [0.2, 0.25) is 0 Å². The molecule has 66 valence electrons. The molecule has 0 aliphatic rings. The fourth-order valence-corrected chi connectivity index (χ4v) is 1.34. The second-order valence-electron chi connectivity index (χ2n) is 2.63. The number of aliphatic hydroxyl groups excluding tert-OH is 1. The van der Waals surface area contributed by atoms with Gasteiger partial charge in [0.25, 0.3) is 0 Å². The summed E-state index contributed by atoms with van der Waals surface area (Å²) >= 11 is 3.35. The standard InChI is InChI=1S/C9H12BrNO/c10-5-7-1-3-8(4-2-7)9(12)6-11/h1-4,9,12H,5-6,11H2. The zero-order valence-electron chi connectivity index (χ0n) is 6.70. The molecule has 3 N–H and O–H groups in total. The van der Waals surface area contributed by atoms with Crippen LogP contribution in [0.1, 0.15) is 17.2 Å². The second-order valence-corrected chi connectivity index (χ2v) is 3.19. The summed E-state index contributed by atoms with van der Waals surface area (Å²) in [5.74, 6) is 0. The Hall–Kier alpha value is -0.380. The number of alkyl halides is 1. The van der Waals surface area contributed by atoms with Gasteiger partial charge in [-0.3, -0.25) is 0 Å². The zero-order chi connectivity index (χ0) is 8.97. The van der Waals surface area contributed by atoms with Crippen LogP contribution in [0.3, 0.4) is 0 Å². The van der Waals surface area contributed by atoms with Gasteiger partial charge in [0.1, 0.15) is 0 Å². The fraction of sp³-hybridized carbons (Fsp3) is 0.333. The Morgan fingerprint density at radius 2 is 1.92 bits per heavy atom. The van der Waals surface area contributed by atoms with Crippen molar-refractivity contribution < 1.29 is 5.11 Å². The highest BCUT2D eigenvalue weighted by Gasteiger charge is 2.03. The van der Waals surface area contributed by atoms with Crippen molar-refractivity contribution in [3.8, 4) is 0 Å². The minimum absolute atomic E-state index is 0.271. The van der Waals surface area contributed by atoms with E-state index in [-0.39, 0.29) is 6.54 Å². The molecule has 2 nitrogen and oxygen atoms in total. The van der Waals surface area contributed by atoms with Gasteiger partial charge in [-0.05, 0) is 11.1 Å². The highest BCUT2D eigenvalue weighted by Crippen LogP contribution is 2.13. The van der Waals surface area contributed by atoms with Gasteiger partial charge in [-0.1, -0.05) is 40.2 Å². The number of nitrogens with two attached hydrogens (primary N) is 1. The number of benzene rings is 1. The molecule has 0 aliphatic carbocycles. The molecular formula is C9H12BrNO. The Morgan fingerprint density at radius 3 is 2.33 bits per heavy atom. The van der Waals surface area contributed by atoms with Crippen LogP contribution in [-0.4, -0.2) is 11.7 Å². The first-order chi connectivity index (χ1) is 5.77. The van der Waals surface area contributed by atoms with Crippen molar-refractivity contribution in [2.45, 2.75) is 11.4 Å². The number of hydrogen-bond donors (Lipinski definition) is 2. The van der Waals surface area contributed by atoms with Crippen LogP contribution in [0.25, 0.3) is 0 Å². The van der Waals surface area contributed by atoms with E-state index in [4.69, 9.17) is 5.73 Å². The van der Waals surface area contributed by atoms with Gasteiger partial charge >= 0.3 is 0 Å². The molecule has 0 aliphatic heterocycles. The van der Waals surface area contributed by atoms with Crippen LogP contribution < -0.4 is 5.73 Å². The molecular weight excluding hydrogens is 218 g/mol. The first-order valence-corrected chi connectivity index (χ1v) is 4.93. The maximum absolute atomic E-state index is 9.36. The Morgan fingerprint density at radius 1 is 1.33 bits per heavy atom. The molecule has 0 saturated heterocycles. The van der Waals surface area contributed by atoms with E-state index in [1.54, 1.807) is 0 Å². The molecule has 0 amide bonds. The summed E-state index contributed by atoms with van der Waals surface area (Å²) < 4.78 is 0. The summed E-state index contributed by atoms with van der Waals surface area (Å²) in [5.41, 5.74) is 7.39. The lowest BCUT2D eigenvalue weighted by atomic mass is 10.1. The van der Waals surface area contributed by atoms with E-state index in [0.29, 0.717) is 0 Å². The summed E-state index contributed by atoms with van der Waals surface area (Å²) in [7, 11) is 0. The predicted molar refractivity (Wildman–Crippen MR) is 53.1 cm³/mol. The normalized spacial score (nSPS) is 12.9. The molecule has 0 heterocycles. The topological polar surface area (TPSA) is 46.2 Å². The van der Waals surface area contributed by atoms with Gasteiger partial charge in [-0.25, -0.2) is 0 Å². The molecule has 1 rings (SSSR count). The van der Waals surface area contributed by atoms with Crippen LogP contribution >= 0.6 is 15.9 Å². The van der Waals surface area contributed by atoms with E-state index in [9.17, 15) is 5.11 Å². The third kappa shape index (κ3) is 2.30. The van der Waals surface area contributed by atoms with Crippen molar-refractivity contribution in [2.75, 3.05) is 6.54 Å². The van der Waals surface area contributed by atoms with Crippen LogP contribution in [0.15, 0.2) is 24.3 Å². The first kappa shape index (κ1) is 9.71. The predicted octanol–water partition coefficient (Wildman–Crippen LogP) is 1.57. The fourth-order valence-electron chi connectivity index (χ4n) is 0.965. The Labute approximate surface area is 80.5 Å². The van der Waals surface area contributed by atoms with Crippen molar-refractivity contribution in [3.63, 3.8) is 0 Å². The lowest BCUT2D eigenvalue weighted by molar-refractivity contribution is 0.187. The second kappa shape index (κ2) is 4.60. The molecule has 0 radical (unpaired) electrons. The molecule has 0 bridgehead atoms. The van der Waals surface area contributed by atoms with Crippen molar-refractivity contribution in [1.82, 2.24) is 0 Å². The number of aliphatic hydroxyl groups is 1. The largest absolute Gasteiger partial charge is 0.387 e. The van der Waals surface area contributed by atoms with Gasteiger partial charge in [0, 0.05) is 11.9 Å². The van der Waals surface area contributed by atoms with Crippen LogP contribution in [0.5, 0.6) is 0 Å². The molecule has 0 fully saturated rings. The molecule has 1 atom stereocenters. The van der Waals surface area contributed by atoms with Gasteiger partial charge in [0.05, 0.1) is 6.10 Å². The van der Waals surface area contributed by atoms with Crippen molar-refractivity contribution in [2.24, 2.45) is 5.73 Å². The molecule has 0 spiro atoms. The van der Waals surface area contributed by atoms with Crippen molar-refractivity contribution in [3.05, 3.63) is 35.4 Å². The maximum atomic E-state index is 9.36. The average Bonchev–Trinajstić information content (AvgIpc) is 2.17. The Bertz CT molecular complexity index is 235. The van der Waals surface area contributed by atoms with E-state index in [2.05, 4.69) is 15.9 Å². The zero-order valence-corrected chi connectivity index (χ0v) is 8.29. The van der Waals surface area contributed by atoms with Crippen LogP contribution in [0.2, 0.25) is 0 Å². The monoisotopic (exact) mass is 229 g/mol. The molecule has 1 aromatic rings. The highest BCUT2D eigenvalue weighted by molar-refractivity contribution is 9.08. The third-order valence-corrected chi connectivity index (χ3v) is 2.39. The smallest absolute Gasteiger partial charge is 0.0912 e. The Kier molecular flexibility index (Phi) is 3.72. The van der Waals surface area contributed by atoms with E-state index < -0.39 is 6.10 Å². The van der Waals surface area contributed by atoms with Crippen molar-refractivity contribution in [1.29, 1.82) is 0 Å². The lowest BCUT2D eigenvalue weighted by Gasteiger charge is -2.07. The van der Waals surface area contributed by atoms with Crippen LogP contribution in [-0.2, 0) is 5.33 Å². The molecule has 1 aromatic carbocycles. The summed E-state index contributed by atoms with van der Waals surface area (Å²) in [6.07, 6.45) is -0.533. The minimum Gasteiger partial charge on any atom is -0.387 e. The summed E-state index contributed by atoms with van der Waals surface area (Å²) in [5, 5.41) is 10.2. The van der Waals surface area contributed by atoms with Gasteiger partial charge in [0.15, 0.2) is 0 Å². The number of hydrogen-bond acceptors (Lipinski definition) is 2. The van der Waals surface area contributed by atoms with Crippen molar-refractivity contribution >= 4 is 15.9 Å². The highest BCUT2D eigenvalue weighted by atomic mass is 79.9. The van der Waals surface area contributed by atoms with E-state index in [0.717, 1.165) is 10.9 Å². The van der Waals surface area contributed by atoms with Gasteiger partial charge < -0.3 is 10.8 Å². The van der Waals surface area contributed by atoms with Gasteiger partial charge in [-0.2, -0.15) is 0 Å². The molecule has 0 saturated carbocycles.